The van der Waals surface area contributed by atoms with Gasteiger partial charge in [-0.15, -0.1) is 0 Å². The third-order valence-corrected chi connectivity index (χ3v) is 4.09. The maximum Gasteiger partial charge on any atom is 0.186 e. The zero-order valence-electron chi connectivity index (χ0n) is 11.1. The highest BCUT2D eigenvalue weighted by Gasteiger charge is 2.26. The quantitative estimate of drug-likeness (QED) is 0.747. The topological polar surface area (TPSA) is 85.4 Å². The van der Waals surface area contributed by atoms with Crippen molar-refractivity contribution in [3.63, 3.8) is 0 Å². The Labute approximate surface area is 116 Å². The molecule has 0 spiro atoms. The molecular weight excluding hydrogens is 252 g/mol. The van der Waals surface area contributed by atoms with Crippen LogP contribution in [0.1, 0.15) is 37.3 Å². The highest BCUT2D eigenvalue weighted by Crippen LogP contribution is 2.38. The molecule has 1 fully saturated rings. The molecule has 0 saturated heterocycles. The average Bonchev–Trinajstić information content (AvgIpc) is 3.18. The van der Waals surface area contributed by atoms with Crippen molar-refractivity contribution in [3.8, 4) is 5.69 Å². The van der Waals surface area contributed by atoms with Gasteiger partial charge in [0, 0.05) is 18.3 Å². The number of nitrogen functional groups attached to an aromatic ring is 1. The molecule has 20 heavy (non-hydrogen) atoms. The second-order valence-electron chi connectivity index (χ2n) is 5.32. The summed E-state index contributed by atoms with van der Waals surface area (Å²) in [5.74, 6) is 1.11. The Kier molecular flexibility index (Phi) is 2.48. The molecule has 102 valence electrons. The van der Waals surface area contributed by atoms with E-state index in [1.54, 1.807) is 12.4 Å². The Bertz CT molecular complexity index is 736. The van der Waals surface area contributed by atoms with Crippen LogP contribution in [0.15, 0.2) is 24.5 Å². The van der Waals surface area contributed by atoms with Gasteiger partial charge >= 0.3 is 0 Å². The van der Waals surface area contributed by atoms with Gasteiger partial charge in [-0.3, -0.25) is 10.1 Å². The van der Waals surface area contributed by atoms with Crippen LogP contribution in [0, 0.1) is 0 Å². The van der Waals surface area contributed by atoms with Crippen LogP contribution >= 0.6 is 0 Å². The summed E-state index contributed by atoms with van der Waals surface area (Å²) >= 11 is 0. The van der Waals surface area contributed by atoms with E-state index in [0.29, 0.717) is 11.7 Å². The molecule has 3 N–H and O–H groups in total. The predicted molar refractivity (Wildman–Crippen MR) is 76.6 cm³/mol. The summed E-state index contributed by atoms with van der Waals surface area (Å²) in [7, 11) is 0. The van der Waals surface area contributed by atoms with Crippen molar-refractivity contribution in [2.75, 3.05) is 5.73 Å². The summed E-state index contributed by atoms with van der Waals surface area (Å²) in [5, 5.41) is 13.0. The van der Waals surface area contributed by atoms with Gasteiger partial charge in [-0.1, -0.05) is 12.8 Å². The number of fused-ring (bicyclic) bond motifs is 1. The van der Waals surface area contributed by atoms with Crippen molar-refractivity contribution in [1.82, 2.24) is 25.0 Å². The van der Waals surface area contributed by atoms with E-state index in [9.17, 15) is 0 Å². The SMILES string of the molecule is Nc1[nH]nc2c1c(C1CCCC1)nn2-c1ccncc1. The molecule has 0 aliphatic heterocycles. The van der Waals surface area contributed by atoms with Crippen molar-refractivity contribution in [2.24, 2.45) is 0 Å². The van der Waals surface area contributed by atoms with Crippen LogP contribution in [-0.4, -0.2) is 25.0 Å². The van der Waals surface area contributed by atoms with Gasteiger partial charge in [0.25, 0.3) is 0 Å². The van der Waals surface area contributed by atoms with Gasteiger partial charge in [-0.05, 0) is 25.0 Å². The van der Waals surface area contributed by atoms with Crippen molar-refractivity contribution in [3.05, 3.63) is 30.2 Å². The molecule has 6 heteroatoms. The lowest BCUT2D eigenvalue weighted by atomic mass is 10.0. The van der Waals surface area contributed by atoms with E-state index >= 15 is 0 Å². The predicted octanol–water partition coefficient (Wildman–Crippen LogP) is 2.38. The number of nitrogens with two attached hydrogens (primary N) is 1. The van der Waals surface area contributed by atoms with E-state index in [-0.39, 0.29) is 0 Å². The number of anilines is 1. The fraction of sp³-hybridized carbons (Fsp3) is 0.357. The second kappa shape index (κ2) is 4.33. The van der Waals surface area contributed by atoms with Crippen LogP contribution in [0.3, 0.4) is 0 Å². The first kappa shape index (κ1) is 11.5. The first-order valence-corrected chi connectivity index (χ1v) is 6.97. The normalized spacial score (nSPS) is 16.2. The second-order valence-corrected chi connectivity index (χ2v) is 5.32. The van der Waals surface area contributed by atoms with Gasteiger partial charge in [0.15, 0.2) is 5.65 Å². The molecule has 0 atom stereocenters. The number of hydrogen-bond donors (Lipinski definition) is 2. The lowest BCUT2D eigenvalue weighted by Gasteiger charge is -2.05. The smallest absolute Gasteiger partial charge is 0.186 e. The van der Waals surface area contributed by atoms with E-state index in [0.717, 1.165) is 22.4 Å². The minimum Gasteiger partial charge on any atom is -0.383 e. The van der Waals surface area contributed by atoms with Crippen LogP contribution in [-0.2, 0) is 0 Å². The molecule has 6 nitrogen and oxygen atoms in total. The molecule has 0 amide bonds. The average molecular weight is 268 g/mol. The fourth-order valence-electron chi connectivity index (χ4n) is 3.11. The molecule has 1 saturated carbocycles. The summed E-state index contributed by atoms with van der Waals surface area (Å²) in [5.41, 5.74) is 8.90. The van der Waals surface area contributed by atoms with Gasteiger partial charge in [-0.25, -0.2) is 4.68 Å². The first-order valence-electron chi connectivity index (χ1n) is 6.97. The lowest BCUT2D eigenvalue weighted by Crippen LogP contribution is -2.01. The Morgan fingerprint density at radius 2 is 1.95 bits per heavy atom. The zero-order chi connectivity index (χ0) is 13.5. The number of nitrogens with one attached hydrogen (secondary N) is 1. The summed E-state index contributed by atoms with van der Waals surface area (Å²) in [6, 6.07) is 3.85. The highest BCUT2D eigenvalue weighted by molar-refractivity contribution is 5.90. The minimum absolute atomic E-state index is 0.500. The number of hydrogen-bond acceptors (Lipinski definition) is 4. The molecule has 0 bridgehead atoms. The number of H-pyrrole nitrogens is 1. The minimum atomic E-state index is 0.500. The fourth-order valence-corrected chi connectivity index (χ4v) is 3.11. The number of aromatic amines is 1. The summed E-state index contributed by atoms with van der Waals surface area (Å²) < 4.78 is 1.86. The van der Waals surface area contributed by atoms with Crippen molar-refractivity contribution < 1.29 is 0 Å². The number of rotatable bonds is 2. The highest BCUT2D eigenvalue weighted by atomic mass is 15.4. The standard InChI is InChI=1S/C14H16N6/c15-13-11-12(9-3-1-2-4-9)19-20(14(11)18-17-13)10-5-7-16-8-6-10/h5-9H,1-4H2,(H3,15,17,18). The molecule has 4 rings (SSSR count). The zero-order valence-corrected chi connectivity index (χ0v) is 11.1. The molecule has 3 heterocycles. The van der Waals surface area contributed by atoms with E-state index in [1.165, 1.54) is 25.7 Å². The van der Waals surface area contributed by atoms with Crippen LogP contribution in [0.2, 0.25) is 0 Å². The third-order valence-electron chi connectivity index (χ3n) is 4.09. The van der Waals surface area contributed by atoms with E-state index in [2.05, 4.69) is 15.2 Å². The molecular formula is C14H16N6. The van der Waals surface area contributed by atoms with Crippen LogP contribution in [0.5, 0.6) is 0 Å². The summed E-state index contributed by atoms with van der Waals surface area (Å²) in [6.45, 7) is 0. The monoisotopic (exact) mass is 268 g/mol. The van der Waals surface area contributed by atoms with Crippen LogP contribution in [0.25, 0.3) is 16.7 Å². The van der Waals surface area contributed by atoms with Crippen LogP contribution in [0.4, 0.5) is 5.82 Å². The van der Waals surface area contributed by atoms with Gasteiger partial charge in [0.05, 0.1) is 16.8 Å². The largest absolute Gasteiger partial charge is 0.383 e. The Morgan fingerprint density at radius 1 is 1.20 bits per heavy atom. The number of pyridine rings is 1. The number of nitrogens with zero attached hydrogens (tertiary/aromatic N) is 4. The molecule has 3 aromatic rings. The first-order chi connectivity index (χ1) is 9.84. The van der Waals surface area contributed by atoms with Gasteiger partial charge in [-0.2, -0.15) is 10.2 Å². The molecule has 0 radical (unpaired) electrons. The Balaban J connectivity index is 1.94. The van der Waals surface area contributed by atoms with Crippen molar-refractivity contribution in [1.29, 1.82) is 0 Å². The van der Waals surface area contributed by atoms with Crippen molar-refractivity contribution >= 4 is 16.9 Å². The van der Waals surface area contributed by atoms with E-state index < -0.39 is 0 Å². The van der Waals surface area contributed by atoms with E-state index in [4.69, 9.17) is 10.8 Å². The van der Waals surface area contributed by atoms with Gasteiger partial charge < -0.3 is 5.73 Å². The summed E-state index contributed by atoms with van der Waals surface area (Å²) in [4.78, 5) is 4.05. The van der Waals surface area contributed by atoms with E-state index in [1.807, 2.05) is 16.8 Å². The van der Waals surface area contributed by atoms with Crippen LogP contribution < -0.4 is 5.73 Å². The molecule has 0 aromatic carbocycles. The molecule has 1 aliphatic rings. The molecule has 1 aliphatic carbocycles. The molecule has 0 unspecified atom stereocenters. The van der Waals surface area contributed by atoms with Crippen molar-refractivity contribution in [2.45, 2.75) is 31.6 Å². The lowest BCUT2D eigenvalue weighted by molar-refractivity contribution is 0.682. The number of aromatic nitrogens is 5. The Morgan fingerprint density at radius 3 is 2.70 bits per heavy atom. The van der Waals surface area contributed by atoms with Gasteiger partial charge in [0.1, 0.15) is 5.82 Å². The maximum atomic E-state index is 6.05. The van der Waals surface area contributed by atoms with Gasteiger partial charge in [0.2, 0.25) is 0 Å². The maximum absolute atomic E-state index is 6.05. The Hall–Kier alpha value is -2.37. The molecule has 3 aromatic heterocycles. The third kappa shape index (κ3) is 1.61. The summed E-state index contributed by atoms with van der Waals surface area (Å²) in [6.07, 6.45) is 8.43.